The lowest BCUT2D eigenvalue weighted by atomic mass is 9.82. The number of aromatic nitrogens is 1. The molecule has 126 valence electrons. The van der Waals surface area contributed by atoms with Gasteiger partial charge in [-0.25, -0.2) is 4.39 Å². The van der Waals surface area contributed by atoms with Crippen LogP contribution in [0.2, 0.25) is 0 Å². The lowest BCUT2D eigenvalue weighted by molar-refractivity contribution is 0.398. The molecule has 0 bridgehead atoms. The van der Waals surface area contributed by atoms with Gasteiger partial charge in [0.25, 0.3) is 0 Å². The lowest BCUT2D eigenvalue weighted by Crippen LogP contribution is -2.21. The summed E-state index contributed by atoms with van der Waals surface area (Å²) >= 11 is 0. The van der Waals surface area contributed by atoms with Gasteiger partial charge in [0.2, 0.25) is 5.88 Å². The fraction of sp³-hybridized carbons (Fsp3) is 0.100. The van der Waals surface area contributed by atoms with E-state index < -0.39 is 11.7 Å². The number of hydrogen-bond donors (Lipinski definition) is 1. The largest absolute Gasteiger partial charge is 0.439 e. The molecule has 1 aliphatic heterocycles. The molecule has 1 aliphatic rings. The number of nitrogens with two attached hydrogens (primary N) is 1. The topological polar surface area (TPSA) is 87.8 Å². The van der Waals surface area contributed by atoms with E-state index in [-0.39, 0.29) is 17.0 Å². The minimum absolute atomic E-state index is 0.0178. The average molecular weight is 344 g/mol. The van der Waals surface area contributed by atoms with E-state index in [1.54, 1.807) is 6.07 Å². The minimum atomic E-state index is -0.600. The summed E-state index contributed by atoms with van der Waals surface area (Å²) in [5.74, 6) is -0.532. The van der Waals surface area contributed by atoms with E-state index in [0.29, 0.717) is 11.3 Å². The van der Waals surface area contributed by atoms with Crippen molar-refractivity contribution in [2.75, 3.05) is 0 Å². The highest BCUT2D eigenvalue weighted by Crippen LogP contribution is 2.45. The van der Waals surface area contributed by atoms with Gasteiger partial charge in [0.05, 0.1) is 17.0 Å². The second-order valence-electron chi connectivity index (χ2n) is 6.12. The molecule has 3 aromatic rings. The monoisotopic (exact) mass is 344 g/mol. The number of nitriles is 2. The summed E-state index contributed by atoms with van der Waals surface area (Å²) in [6.45, 7) is 0. The third kappa shape index (κ3) is 2.13. The molecule has 26 heavy (non-hydrogen) atoms. The van der Waals surface area contributed by atoms with E-state index in [9.17, 15) is 9.65 Å². The molecule has 0 saturated carbocycles. The van der Waals surface area contributed by atoms with Crippen molar-refractivity contribution < 1.29 is 9.13 Å². The van der Waals surface area contributed by atoms with E-state index in [2.05, 4.69) is 6.07 Å². The van der Waals surface area contributed by atoms with Gasteiger partial charge in [-0.15, -0.1) is 0 Å². The summed E-state index contributed by atoms with van der Waals surface area (Å²) in [6, 6.07) is 13.9. The van der Waals surface area contributed by atoms with Crippen LogP contribution in [0.5, 0.6) is 5.75 Å². The third-order valence-corrected chi connectivity index (χ3v) is 4.69. The van der Waals surface area contributed by atoms with Gasteiger partial charge in [-0.05, 0) is 29.8 Å². The molecular weight excluding hydrogens is 331 g/mol. The summed E-state index contributed by atoms with van der Waals surface area (Å²) in [5.41, 5.74) is 8.51. The zero-order chi connectivity index (χ0) is 18.4. The maximum Gasteiger partial charge on any atom is 0.205 e. The second kappa shape index (κ2) is 5.65. The van der Waals surface area contributed by atoms with Gasteiger partial charge in [0.15, 0.2) is 0 Å². The highest BCUT2D eigenvalue weighted by molar-refractivity contribution is 5.89. The lowest BCUT2D eigenvalue weighted by Gasteiger charge is -2.27. The van der Waals surface area contributed by atoms with Crippen molar-refractivity contribution in [3.8, 4) is 17.9 Å². The Morgan fingerprint density at radius 1 is 1.15 bits per heavy atom. The van der Waals surface area contributed by atoms with Crippen LogP contribution in [0.25, 0.3) is 10.9 Å². The van der Waals surface area contributed by atoms with Crippen LogP contribution in [0.3, 0.4) is 0 Å². The van der Waals surface area contributed by atoms with Crippen molar-refractivity contribution in [2.45, 2.75) is 5.92 Å². The Kier molecular flexibility index (Phi) is 3.42. The first-order valence-corrected chi connectivity index (χ1v) is 7.90. The zero-order valence-corrected chi connectivity index (χ0v) is 13.8. The Hall–Kier alpha value is -3.77. The van der Waals surface area contributed by atoms with E-state index in [1.165, 1.54) is 12.1 Å². The first kappa shape index (κ1) is 15.7. The molecule has 0 aliphatic carbocycles. The standard InChI is InChI=1S/C20H13FN4O/c1-25-7-6-13-17(25)5-3-14-18(15(10-23)20(24)26-19(13)14)11-2-4-16(21)12(8-11)9-22/h2-8,18H,24H2,1H3. The van der Waals surface area contributed by atoms with Crippen LogP contribution in [0.1, 0.15) is 22.6 Å². The van der Waals surface area contributed by atoms with Crippen LogP contribution in [-0.4, -0.2) is 4.57 Å². The molecule has 0 fully saturated rings. The molecule has 0 saturated heterocycles. The van der Waals surface area contributed by atoms with Crippen LogP contribution < -0.4 is 10.5 Å². The molecule has 2 heterocycles. The predicted octanol–water partition coefficient (Wildman–Crippen LogP) is 3.41. The Morgan fingerprint density at radius 2 is 1.96 bits per heavy atom. The van der Waals surface area contributed by atoms with Gasteiger partial charge < -0.3 is 15.0 Å². The SMILES string of the molecule is Cn1ccc2c3c(ccc21)C(c1ccc(F)c(C#N)c1)C(C#N)=C(N)O3. The molecule has 1 unspecified atom stereocenters. The first-order chi connectivity index (χ1) is 12.5. The van der Waals surface area contributed by atoms with Gasteiger partial charge in [0, 0.05) is 24.2 Å². The van der Waals surface area contributed by atoms with Gasteiger partial charge in [-0.3, -0.25) is 0 Å². The van der Waals surface area contributed by atoms with E-state index in [0.717, 1.165) is 16.5 Å². The molecular formula is C20H13FN4O. The molecule has 0 spiro atoms. The summed E-state index contributed by atoms with van der Waals surface area (Å²) in [7, 11) is 1.92. The summed E-state index contributed by atoms with van der Waals surface area (Å²) in [4.78, 5) is 0. The van der Waals surface area contributed by atoms with E-state index >= 15 is 0 Å². The summed E-state index contributed by atoms with van der Waals surface area (Å²) in [5, 5.41) is 19.6. The highest BCUT2D eigenvalue weighted by atomic mass is 19.1. The molecule has 1 atom stereocenters. The number of nitrogens with zero attached hydrogens (tertiary/aromatic N) is 3. The molecule has 2 aromatic carbocycles. The summed E-state index contributed by atoms with van der Waals surface area (Å²) < 4.78 is 21.5. The van der Waals surface area contributed by atoms with Crippen molar-refractivity contribution >= 4 is 10.9 Å². The maximum atomic E-state index is 13.7. The Bertz CT molecular complexity index is 1180. The van der Waals surface area contributed by atoms with Crippen molar-refractivity contribution in [3.05, 3.63) is 76.6 Å². The molecule has 5 nitrogen and oxygen atoms in total. The van der Waals surface area contributed by atoms with E-state index in [4.69, 9.17) is 15.7 Å². The van der Waals surface area contributed by atoms with E-state index in [1.807, 2.05) is 42.1 Å². The van der Waals surface area contributed by atoms with Gasteiger partial charge in [0.1, 0.15) is 29.3 Å². The zero-order valence-electron chi connectivity index (χ0n) is 13.8. The molecule has 0 radical (unpaired) electrons. The number of benzene rings is 2. The number of rotatable bonds is 1. The number of hydrogen-bond acceptors (Lipinski definition) is 4. The quantitative estimate of drug-likeness (QED) is 0.733. The minimum Gasteiger partial charge on any atom is -0.439 e. The second-order valence-corrected chi connectivity index (χ2v) is 6.12. The molecule has 2 N–H and O–H groups in total. The molecule has 1 aromatic heterocycles. The van der Waals surface area contributed by atoms with Gasteiger partial charge in [-0.1, -0.05) is 12.1 Å². The van der Waals surface area contributed by atoms with Crippen LogP contribution in [0.4, 0.5) is 4.39 Å². The van der Waals surface area contributed by atoms with Crippen molar-refractivity contribution in [3.63, 3.8) is 0 Å². The number of fused-ring (bicyclic) bond motifs is 3. The number of aryl methyl sites for hydroxylation is 1. The summed E-state index contributed by atoms with van der Waals surface area (Å²) in [6.07, 6.45) is 1.91. The van der Waals surface area contributed by atoms with Crippen molar-refractivity contribution in [2.24, 2.45) is 12.8 Å². The fourth-order valence-corrected chi connectivity index (χ4v) is 3.42. The first-order valence-electron chi connectivity index (χ1n) is 7.90. The Balaban J connectivity index is 2.01. The van der Waals surface area contributed by atoms with Crippen LogP contribution >= 0.6 is 0 Å². The van der Waals surface area contributed by atoms with Crippen LogP contribution in [-0.2, 0) is 7.05 Å². The predicted molar refractivity (Wildman–Crippen MR) is 93.3 cm³/mol. The van der Waals surface area contributed by atoms with Gasteiger partial charge in [-0.2, -0.15) is 10.5 Å². The van der Waals surface area contributed by atoms with Crippen LogP contribution in [0, 0.1) is 28.5 Å². The number of ether oxygens (including phenoxy) is 1. The van der Waals surface area contributed by atoms with Crippen LogP contribution in [0.15, 0.2) is 54.1 Å². The molecule has 6 heteroatoms. The van der Waals surface area contributed by atoms with Crippen molar-refractivity contribution in [1.29, 1.82) is 10.5 Å². The van der Waals surface area contributed by atoms with Gasteiger partial charge >= 0.3 is 0 Å². The smallest absolute Gasteiger partial charge is 0.205 e. The average Bonchev–Trinajstić information content (AvgIpc) is 3.02. The molecule has 0 amide bonds. The number of allylic oxidation sites excluding steroid dienone is 1. The Labute approximate surface area is 148 Å². The highest BCUT2D eigenvalue weighted by Gasteiger charge is 2.32. The van der Waals surface area contributed by atoms with Crippen molar-refractivity contribution in [1.82, 2.24) is 4.57 Å². The third-order valence-electron chi connectivity index (χ3n) is 4.69. The number of halogens is 1. The maximum absolute atomic E-state index is 13.7. The molecule has 4 rings (SSSR count). The fourth-order valence-electron chi connectivity index (χ4n) is 3.42. The normalized spacial score (nSPS) is 15.9. The Morgan fingerprint density at radius 3 is 2.69 bits per heavy atom.